The average Bonchev–Trinajstić information content (AvgIpc) is 2.40. The molecule has 1 N–H and O–H groups in total. The Morgan fingerprint density at radius 3 is 2.61 bits per heavy atom. The van der Waals surface area contributed by atoms with Crippen LogP contribution in [0, 0.1) is 11.3 Å². The summed E-state index contributed by atoms with van der Waals surface area (Å²) in [4.78, 5) is 0. The van der Waals surface area contributed by atoms with Gasteiger partial charge >= 0.3 is 0 Å². The molecule has 0 aliphatic rings. The van der Waals surface area contributed by atoms with Crippen molar-refractivity contribution in [2.24, 2.45) is 5.10 Å². The number of rotatable bonds is 3. The topological polar surface area (TPSA) is 48.2 Å². The van der Waals surface area contributed by atoms with E-state index in [1.165, 1.54) is 0 Å². The monoisotopic (exact) mass is 299 g/mol. The molecule has 0 unspecified atom stereocenters. The van der Waals surface area contributed by atoms with E-state index in [0.717, 1.165) is 15.7 Å². The Balaban J connectivity index is 2.06. The molecule has 0 atom stereocenters. The number of nitrogens with one attached hydrogen (secondary N) is 1. The maximum absolute atomic E-state index is 8.81. The molecule has 2 aromatic carbocycles. The van der Waals surface area contributed by atoms with Crippen LogP contribution in [-0.4, -0.2) is 6.21 Å². The van der Waals surface area contributed by atoms with Crippen molar-refractivity contribution in [1.82, 2.24) is 0 Å². The van der Waals surface area contributed by atoms with Crippen LogP contribution in [0.5, 0.6) is 0 Å². The molecule has 0 spiro atoms. The van der Waals surface area contributed by atoms with Crippen molar-refractivity contribution in [2.75, 3.05) is 5.43 Å². The molecule has 0 fully saturated rings. The first-order valence-corrected chi connectivity index (χ1v) is 6.12. The molecule has 0 bridgehead atoms. The maximum Gasteiger partial charge on any atom is 0.100 e. The third-order valence-corrected chi connectivity index (χ3v) is 2.95. The van der Waals surface area contributed by atoms with E-state index in [1.807, 2.05) is 42.5 Å². The van der Waals surface area contributed by atoms with Crippen LogP contribution in [0.25, 0.3) is 0 Å². The summed E-state index contributed by atoms with van der Waals surface area (Å²) in [5, 5.41) is 12.9. The third kappa shape index (κ3) is 3.19. The summed E-state index contributed by atoms with van der Waals surface area (Å²) in [7, 11) is 0. The highest BCUT2D eigenvalue weighted by Crippen LogP contribution is 2.16. The van der Waals surface area contributed by atoms with Gasteiger partial charge in [0.2, 0.25) is 0 Å². The van der Waals surface area contributed by atoms with Crippen molar-refractivity contribution in [2.45, 2.75) is 0 Å². The van der Waals surface area contributed by atoms with Gasteiger partial charge in [-0.2, -0.15) is 10.4 Å². The largest absolute Gasteiger partial charge is 0.279 e. The van der Waals surface area contributed by atoms with Gasteiger partial charge in [-0.1, -0.05) is 24.3 Å². The van der Waals surface area contributed by atoms with Crippen molar-refractivity contribution < 1.29 is 0 Å². The minimum absolute atomic E-state index is 0.614. The van der Waals surface area contributed by atoms with Gasteiger partial charge in [-0.3, -0.25) is 5.43 Å². The van der Waals surface area contributed by atoms with Crippen molar-refractivity contribution in [3.8, 4) is 6.07 Å². The molecule has 0 aromatic heterocycles. The number of benzene rings is 2. The predicted molar refractivity (Wildman–Crippen MR) is 76.5 cm³/mol. The van der Waals surface area contributed by atoms with Crippen LogP contribution in [-0.2, 0) is 0 Å². The average molecular weight is 300 g/mol. The number of hydrogen-bond acceptors (Lipinski definition) is 3. The fraction of sp³-hybridized carbons (Fsp3) is 0. The van der Waals surface area contributed by atoms with E-state index in [-0.39, 0.29) is 0 Å². The molecule has 0 saturated heterocycles. The van der Waals surface area contributed by atoms with E-state index in [0.29, 0.717) is 5.56 Å². The van der Waals surface area contributed by atoms with Crippen LogP contribution < -0.4 is 5.43 Å². The predicted octanol–water partition coefficient (Wildman–Crippen LogP) is 3.77. The van der Waals surface area contributed by atoms with Crippen molar-refractivity contribution in [3.05, 3.63) is 64.1 Å². The third-order valence-electron chi connectivity index (χ3n) is 2.29. The van der Waals surface area contributed by atoms with E-state index in [2.05, 4.69) is 32.5 Å². The van der Waals surface area contributed by atoms with Gasteiger partial charge in [0.15, 0.2) is 0 Å². The highest BCUT2D eigenvalue weighted by molar-refractivity contribution is 9.10. The Labute approximate surface area is 114 Å². The molecule has 0 aliphatic heterocycles. The molecule has 4 heteroatoms. The second-order valence-corrected chi connectivity index (χ2v) is 4.44. The normalized spacial score (nSPS) is 10.2. The molecule has 2 aromatic rings. The van der Waals surface area contributed by atoms with Gasteiger partial charge in [0, 0.05) is 4.47 Å². The Bertz CT molecular complexity index is 600. The molecule has 0 saturated carbocycles. The van der Waals surface area contributed by atoms with Gasteiger partial charge in [0.25, 0.3) is 0 Å². The first-order chi connectivity index (χ1) is 8.79. The van der Waals surface area contributed by atoms with E-state index in [9.17, 15) is 0 Å². The van der Waals surface area contributed by atoms with Gasteiger partial charge in [0.05, 0.1) is 17.5 Å². The molecular formula is C14H10BrN3. The highest BCUT2D eigenvalue weighted by atomic mass is 79.9. The fourth-order valence-corrected chi connectivity index (χ4v) is 1.88. The summed E-state index contributed by atoms with van der Waals surface area (Å²) >= 11 is 3.34. The van der Waals surface area contributed by atoms with Gasteiger partial charge in [-0.05, 0) is 45.8 Å². The number of halogens is 1. The molecule has 0 heterocycles. The zero-order valence-corrected chi connectivity index (χ0v) is 11.1. The number of hydrogen-bond donors (Lipinski definition) is 1. The van der Waals surface area contributed by atoms with Crippen LogP contribution in [0.2, 0.25) is 0 Å². The standard InChI is InChI=1S/C14H10BrN3/c15-14-8-11(6-7-12(14)9-16)10-17-18-13-4-2-1-3-5-13/h1-8,10,18H. The van der Waals surface area contributed by atoms with Crippen LogP contribution >= 0.6 is 15.9 Å². The second-order valence-electron chi connectivity index (χ2n) is 3.59. The Hall–Kier alpha value is -2.12. The molecule has 0 amide bonds. The summed E-state index contributed by atoms with van der Waals surface area (Å²) in [6, 6.07) is 17.3. The number of nitrogens with zero attached hydrogens (tertiary/aromatic N) is 2. The summed E-state index contributed by atoms with van der Waals surface area (Å²) in [6.45, 7) is 0. The van der Waals surface area contributed by atoms with Gasteiger partial charge in [-0.15, -0.1) is 0 Å². The van der Waals surface area contributed by atoms with Crippen molar-refractivity contribution in [1.29, 1.82) is 5.26 Å². The van der Waals surface area contributed by atoms with E-state index >= 15 is 0 Å². The lowest BCUT2D eigenvalue weighted by Crippen LogP contribution is -1.90. The first kappa shape index (κ1) is 12.3. The lowest BCUT2D eigenvalue weighted by Gasteiger charge is -1.99. The van der Waals surface area contributed by atoms with E-state index < -0.39 is 0 Å². The Kier molecular flexibility index (Phi) is 4.11. The smallest absolute Gasteiger partial charge is 0.100 e. The maximum atomic E-state index is 8.81. The van der Waals surface area contributed by atoms with Crippen LogP contribution in [0.3, 0.4) is 0 Å². The van der Waals surface area contributed by atoms with Crippen molar-refractivity contribution >= 4 is 27.8 Å². The zero-order chi connectivity index (χ0) is 12.8. The molecule has 0 radical (unpaired) electrons. The van der Waals surface area contributed by atoms with E-state index in [1.54, 1.807) is 12.3 Å². The number of anilines is 1. The molecule has 0 aliphatic carbocycles. The minimum Gasteiger partial charge on any atom is -0.279 e. The molecular weight excluding hydrogens is 290 g/mol. The lowest BCUT2D eigenvalue weighted by molar-refractivity contribution is 1.35. The van der Waals surface area contributed by atoms with Crippen LogP contribution in [0.15, 0.2) is 58.1 Å². The first-order valence-electron chi connectivity index (χ1n) is 5.33. The lowest BCUT2D eigenvalue weighted by atomic mass is 10.2. The second kappa shape index (κ2) is 5.99. The minimum atomic E-state index is 0.614. The summed E-state index contributed by atoms with van der Waals surface area (Å²) in [6.07, 6.45) is 1.71. The highest BCUT2D eigenvalue weighted by Gasteiger charge is 1.98. The van der Waals surface area contributed by atoms with Crippen molar-refractivity contribution in [3.63, 3.8) is 0 Å². The fourth-order valence-electron chi connectivity index (χ4n) is 1.40. The van der Waals surface area contributed by atoms with Gasteiger partial charge < -0.3 is 0 Å². The van der Waals surface area contributed by atoms with Gasteiger partial charge in [-0.25, -0.2) is 0 Å². The molecule has 3 nitrogen and oxygen atoms in total. The van der Waals surface area contributed by atoms with Crippen LogP contribution in [0.4, 0.5) is 5.69 Å². The summed E-state index contributed by atoms with van der Waals surface area (Å²) in [5.41, 5.74) is 5.40. The number of nitriles is 1. The van der Waals surface area contributed by atoms with E-state index in [4.69, 9.17) is 5.26 Å². The Morgan fingerprint density at radius 2 is 1.94 bits per heavy atom. The number of hydrazone groups is 1. The molecule has 18 heavy (non-hydrogen) atoms. The molecule has 2 rings (SSSR count). The SMILES string of the molecule is N#Cc1ccc(C=NNc2ccccc2)cc1Br. The number of para-hydroxylation sites is 1. The quantitative estimate of drug-likeness (QED) is 0.693. The van der Waals surface area contributed by atoms with Gasteiger partial charge in [0.1, 0.15) is 6.07 Å². The summed E-state index contributed by atoms with van der Waals surface area (Å²) < 4.78 is 0.772. The van der Waals surface area contributed by atoms with Crippen LogP contribution in [0.1, 0.15) is 11.1 Å². The molecule has 88 valence electrons. The summed E-state index contributed by atoms with van der Waals surface area (Å²) in [5.74, 6) is 0. The zero-order valence-electron chi connectivity index (χ0n) is 9.47. The Morgan fingerprint density at radius 1 is 1.17 bits per heavy atom.